The lowest BCUT2D eigenvalue weighted by atomic mass is 9.98. The molecule has 242 valence electrons. The van der Waals surface area contributed by atoms with Gasteiger partial charge in [0.25, 0.3) is 0 Å². The van der Waals surface area contributed by atoms with Crippen LogP contribution in [0.4, 0.5) is 0 Å². The van der Waals surface area contributed by atoms with Gasteiger partial charge in [0.1, 0.15) is 22.8 Å². The third-order valence-electron chi connectivity index (χ3n) is 9.87. The topological polar surface area (TPSA) is 67.6 Å². The van der Waals surface area contributed by atoms with Gasteiger partial charge < -0.3 is 8.98 Å². The van der Waals surface area contributed by atoms with E-state index < -0.39 is 0 Å². The molecule has 0 aliphatic rings. The lowest BCUT2D eigenvalue weighted by molar-refractivity contribution is 0.669. The smallest absolute Gasteiger partial charge is 0.162 e. The van der Waals surface area contributed by atoms with Crippen LogP contribution in [-0.4, -0.2) is 14.5 Å². The molecule has 0 saturated heterocycles. The highest BCUT2D eigenvalue weighted by Crippen LogP contribution is 2.42. The molecular weight excluding hydrogens is 637 g/mol. The molecule has 10 rings (SSSR count). The summed E-state index contributed by atoms with van der Waals surface area (Å²) in [6, 6.07) is 60.2. The summed E-state index contributed by atoms with van der Waals surface area (Å²) in [5.41, 5.74) is 11.1. The van der Waals surface area contributed by atoms with Gasteiger partial charge in [-0.15, -0.1) is 0 Å². The SMILES string of the molecule is N#Cc1c(-c2ccccc2)nc(-c2cc(-c3ccccc3)ccc2-n2c3ccccc3c3cc4oc5ccccc5c4cc32)nc1-c1ccccc1. The molecular formula is C47H28N4O. The summed E-state index contributed by atoms with van der Waals surface area (Å²) < 4.78 is 8.68. The van der Waals surface area contributed by atoms with E-state index in [-0.39, 0.29) is 0 Å². The van der Waals surface area contributed by atoms with Crippen molar-refractivity contribution in [2.24, 2.45) is 0 Å². The van der Waals surface area contributed by atoms with Gasteiger partial charge in [-0.25, -0.2) is 9.97 Å². The second kappa shape index (κ2) is 11.9. The Balaban J connectivity index is 1.33. The normalized spacial score (nSPS) is 11.4. The fourth-order valence-corrected chi connectivity index (χ4v) is 7.46. The molecule has 52 heavy (non-hydrogen) atoms. The highest BCUT2D eigenvalue weighted by Gasteiger charge is 2.23. The molecule has 0 fully saturated rings. The molecule has 5 heteroatoms. The number of fused-ring (bicyclic) bond motifs is 6. The van der Waals surface area contributed by atoms with Crippen molar-refractivity contribution in [2.45, 2.75) is 0 Å². The number of nitriles is 1. The summed E-state index contributed by atoms with van der Waals surface area (Å²) in [5.74, 6) is 0.533. The molecule has 0 amide bonds. The predicted octanol–water partition coefficient (Wildman–Crippen LogP) is 12.0. The zero-order valence-electron chi connectivity index (χ0n) is 27.9. The molecule has 0 bridgehead atoms. The van der Waals surface area contributed by atoms with Gasteiger partial charge >= 0.3 is 0 Å². The molecule has 5 nitrogen and oxygen atoms in total. The standard InChI is InChI=1S/C47H28N4O/c48-29-39-45(31-16-6-2-7-17-31)49-47(50-46(39)32-18-8-3-9-19-32)38-26-33(30-14-4-1-5-15-30)24-25-41(38)51-40-22-12-10-20-34(40)36-28-44-37(27-42(36)51)35-21-11-13-23-43(35)52-44/h1-28H. The summed E-state index contributed by atoms with van der Waals surface area (Å²) in [4.78, 5) is 10.5. The predicted molar refractivity (Wildman–Crippen MR) is 210 cm³/mol. The van der Waals surface area contributed by atoms with Gasteiger partial charge in [0.05, 0.1) is 28.1 Å². The van der Waals surface area contributed by atoms with E-state index in [2.05, 4.69) is 95.6 Å². The zero-order chi connectivity index (χ0) is 34.6. The van der Waals surface area contributed by atoms with Crippen molar-refractivity contribution in [1.82, 2.24) is 14.5 Å². The van der Waals surface area contributed by atoms with Crippen LogP contribution in [-0.2, 0) is 0 Å². The van der Waals surface area contributed by atoms with E-state index in [1.807, 2.05) is 84.9 Å². The van der Waals surface area contributed by atoms with Crippen molar-refractivity contribution in [2.75, 3.05) is 0 Å². The number of rotatable bonds is 5. The van der Waals surface area contributed by atoms with Crippen molar-refractivity contribution >= 4 is 43.7 Å². The largest absolute Gasteiger partial charge is 0.456 e. The van der Waals surface area contributed by atoms with Crippen molar-refractivity contribution < 1.29 is 4.42 Å². The number of hydrogen-bond donors (Lipinski definition) is 0. The van der Waals surface area contributed by atoms with Crippen LogP contribution in [0.25, 0.3) is 94.5 Å². The summed E-state index contributed by atoms with van der Waals surface area (Å²) in [6.45, 7) is 0. The Morgan fingerprint density at radius 3 is 1.73 bits per heavy atom. The van der Waals surface area contributed by atoms with Crippen LogP contribution < -0.4 is 0 Å². The molecule has 0 N–H and O–H groups in total. The maximum atomic E-state index is 10.6. The van der Waals surface area contributed by atoms with E-state index in [0.29, 0.717) is 22.8 Å². The summed E-state index contributed by atoms with van der Waals surface area (Å²) in [7, 11) is 0. The third kappa shape index (κ3) is 4.70. The maximum Gasteiger partial charge on any atom is 0.162 e. The molecule has 0 radical (unpaired) electrons. The number of furan rings is 1. The number of hydrogen-bond acceptors (Lipinski definition) is 4. The molecule has 0 atom stereocenters. The fourth-order valence-electron chi connectivity index (χ4n) is 7.46. The molecule has 3 aromatic heterocycles. The second-order valence-corrected chi connectivity index (χ2v) is 12.9. The van der Waals surface area contributed by atoms with Gasteiger partial charge in [0, 0.05) is 38.2 Å². The molecule has 0 unspecified atom stereocenters. The number of para-hydroxylation sites is 2. The first kappa shape index (κ1) is 29.6. The van der Waals surface area contributed by atoms with E-state index in [1.54, 1.807) is 0 Å². The minimum absolute atomic E-state index is 0.438. The Kier molecular flexibility index (Phi) is 6.80. The Labute approximate surface area is 299 Å². The Morgan fingerprint density at radius 2 is 1.06 bits per heavy atom. The first-order valence-electron chi connectivity index (χ1n) is 17.2. The molecule has 0 saturated carbocycles. The Morgan fingerprint density at radius 1 is 0.462 bits per heavy atom. The van der Waals surface area contributed by atoms with Crippen LogP contribution in [0.5, 0.6) is 0 Å². The average Bonchev–Trinajstić information content (AvgIpc) is 3.75. The first-order chi connectivity index (χ1) is 25.7. The molecule has 10 aromatic rings. The van der Waals surface area contributed by atoms with Crippen LogP contribution >= 0.6 is 0 Å². The van der Waals surface area contributed by atoms with Gasteiger partial charge in [-0.1, -0.05) is 133 Å². The van der Waals surface area contributed by atoms with Gasteiger partial charge in [-0.3, -0.25) is 0 Å². The van der Waals surface area contributed by atoms with Crippen molar-refractivity contribution in [1.29, 1.82) is 5.26 Å². The van der Waals surface area contributed by atoms with Crippen LogP contribution in [0.1, 0.15) is 5.56 Å². The quantitative estimate of drug-likeness (QED) is 0.184. The van der Waals surface area contributed by atoms with Crippen LogP contribution in [0.3, 0.4) is 0 Å². The number of benzene rings is 7. The maximum absolute atomic E-state index is 10.6. The molecule has 0 spiro atoms. The lowest BCUT2D eigenvalue weighted by Gasteiger charge is -2.17. The fraction of sp³-hybridized carbons (Fsp3) is 0. The van der Waals surface area contributed by atoms with Crippen LogP contribution in [0.2, 0.25) is 0 Å². The number of aromatic nitrogens is 3. The van der Waals surface area contributed by atoms with Gasteiger partial charge in [-0.2, -0.15) is 5.26 Å². The minimum atomic E-state index is 0.438. The van der Waals surface area contributed by atoms with E-state index in [4.69, 9.17) is 14.4 Å². The second-order valence-electron chi connectivity index (χ2n) is 12.9. The number of nitrogens with zero attached hydrogens (tertiary/aromatic N) is 4. The van der Waals surface area contributed by atoms with E-state index in [0.717, 1.165) is 77.2 Å². The summed E-state index contributed by atoms with van der Waals surface area (Å²) in [5, 5.41) is 15.0. The van der Waals surface area contributed by atoms with E-state index in [1.165, 1.54) is 0 Å². The lowest BCUT2D eigenvalue weighted by Crippen LogP contribution is -2.04. The highest BCUT2D eigenvalue weighted by molar-refractivity contribution is 6.17. The van der Waals surface area contributed by atoms with E-state index in [9.17, 15) is 5.26 Å². The summed E-state index contributed by atoms with van der Waals surface area (Å²) in [6.07, 6.45) is 0. The van der Waals surface area contributed by atoms with Crippen molar-refractivity contribution in [3.8, 4) is 56.8 Å². The Bertz CT molecular complexity index is 2950. The van der Waals surface area contributed by atoms with E-state index >= 15 is 0 Å². The minimum Gasteiger partial charge on any atom is -0.456 e. The van der Waals surface area contributed by atoms with Crippen LogP contribution in [0.15, 0.2) is 174 Å². The zero-order valence-corrected chi connectivity index (χ0v) is 27.9. The third-order valence-corrected chi connectivity index (χ3v) is 9.87. The first-order valence-corrected chi connectivity index (χ1v) is 17.2. The van der Waals surface area contributed by atoms with Gasteiger partial charge in [0.15, 0.2) is 5.82 Å². The average molecular weight is 665 g/mol. The molecule has 7 aromatic carbocycles. The van der Waals surface area contributed by atoms with Crippen LogP contribution in [0, 0.1) is 11.3 Å². The monoisotopic (exact) mass is 664 g/mol. The molecule has 3 heterocycles. The van der Waals surface area contributed by atoms with Crippen molar-refractivity contribution in [3.05, 3.63) is 175 Å². The Hall–Kier alpha value is -7.29. The molecule has 0 aliphatic heterocycles. The van der Waals surface area contributed by atoms with Gasteiger partial charge in [-0.05, 0) is 47.5 Å². The molecule has 0 aliphatic carbocycles. The van der Waals surface area contributed by atoms with Gasteiger partial charge in [0.2, 0.25) is 0 Å². The highest BCUT2D eigenvalue weighted by atomic mass is 16.3. The van der Waals surface area contributed by atoms with Crippen molar-refractivity contribution in [3.63, 3.8) is 0 Å². The summed E-state index contributed by atoms with van der Waals surface area (Å²) >= 11 is 0.